The van der Waals surface area contributed by atoms with Crippen molar-refractivity contribution in [3.63, 3.8) is 0 Å². The zero-order chi connectivity index (χ0) is 14.0. The Balaban J connectivity index is 0.00000200. The Morgan fingerprint density at radius 3 is 2.00 bits per heavy atom. The van der Waals surface area contributed by atoms with Gasteiger partial charge in [-0.25, -0.2) is 0 Å². The van der Waals surface area contributed by atoms with E-state index in [1.165, 1.54) is 54.4 Å². The molecule has 1 aromatic rings. The van der Waals surface area contributed by atoms with Gasteiger partial charge in [0.1, 0.15) is 0 Å². The van der Waals surface area contributed by atoms with Crippen LogP contribution in [0.15, 0.2) is 6.07 Å². The van der Waals surface area contributed by atoms with Gasteiger partial charge in [0.2, 0.25) is 0 Å². The maximum atomic E-state index is 12.7. The van der Waals surface area contributed by atoms with Gasteiger partial charge in [0, 0.05) is 24.4 Å². The van der Waals surface area contributed by atoms with Crippen LogP contribution in [-0.2, 0) is 0 Å². The van der Waals surface area contributed by atoms with Gasteiger partial charge in [0.05, 0.1) is 0 Å². The fourth-order valence-corrected chi connectivity index (χ4v) is 4.65. The summed E-state index contributed by atoms with van der Waals surface area (Å²) in [5.41, 5.74) is 6.95. The van der Waals surface area contributed by atoms with Crippen molar-refractivity contribution in [3.8, 4) is 0 Å². The maximum Gasteiger partial charge on any atom is 0.181 e. The van der Waals surface area contributed by atoms with Crippen molar-refractivity contribution < 1.29 is 4.79 Å². The average Bonchev–Trinajstić information content (AvgIpc) is 2.38. The van der Waals surface area contributed by atoms with Crippen LogP contribution in [0, 0.1) is 27.7 Å². The molecule has 1 aliphatic carbocycles. The smallest absolute Gasteiger partial charge is 0.181 e. The van der Waals surface area contributed by atoms with E-state index >= 15 is 0 Å². The Hall–Kier alpha value is -0.0826. The number of carbonyl (C=O) groups is 1. The second-order valence-electron chi connectivity index (χ2n) is 5.94. The van der Waals surface area contributed by atoms with Crippen LogP contribution in [0.25, 0.3) is 0 Å². The summed E-state index contributed by atoms with van der Waals surface area (Å²) in [6.07, 6.45) is 6.50. The monoisotopic (exact) mass is 283 g/mol. The maximum absolute atomic E-state index is 12.7. The minimum Gasteiger partial charge on any atom is -0.289 e. The normalized spacial score (nSPS) is 16.4. The molecule has 20 heavy (non-hydrogen) atoms. The van der Waals surface area contributed by atoms with E-state index in [9.17, 15) is 4.79 Å². The SMILES string of the molecule is Cc1cc(C)c(C)c(C(=O)PC2CCCCC2)c1C.[Li]. The van der Waals surface area contributed by atoms with Gasteiger partial charge in [0.15, 0.2) is 5.52 Å². The third-order valence-electron chi connectivity index (χ3n) is 4.53. The zero-order valence-electron chi connectivity index (χ0n) is 13.6. The van der Waals surface area contributed by atoms with Gasteiger partial charge in [-0.05, 0) is 77.0 Å². The minimum absolute atomic E-state index is 0. The summed E-state index contributed by atoms with van der Waals surface area (Å²) in [5, 5.41) is 0. The van der Waals surface area contributed by atoms with Crippen LogP contribution in [0.3, 0.4) is 0 Å². The van der Waals surface area contributed by atoms with Gasteiger partial charge in [0.25, 0.3) is 0 Å². The van der Waals surface area contributed by atoms with Crippen molar-refractivity contribution >= 4 is 33.0 Å². The molecule has 105 valence electrons. The molecule has 0 aromatic heterocycles. The molecule has 1 nitrogen and oxygen atoms in total. The Kier molecular flexibility index (Phi) is 7.00. The molecular weight excluding hydrogens is 258 g/mol. The van der Waals surface area contributed by atoms with E-state index in [2.05, 4.69) is 33.8 Å². The van der Waals surface area contributed by atoms with Crippen LogP contribution >= 0.6 is 8.58 Å². The molecule has 0 spiro atoms. The van der Waals surface area contributed by atoms with Gasteiger partial charge in [-0.2, -0.15) is 0 Å². The Morgan fingerprint density at radius 1 is 1.00 bits per heavy atom. The molecule has 2 rings (SSSR count). The minimum atomic E-state index is 0. The molecule has 1 radical (unpaired) electrons. The van der Waals surface area contributed by atoms with Gasteiger partial charge in [-0.15, -0.1) is 0 Å². The van der Waals surface area contributed by atoms with E-state index in [1.54, 1.807) is 0 Å². The fourth-order valence-electron chi connectivity index (χ4n) is 3.06. The van der Waals surface area contributed by atoms with Gasteiger partial charge in [-0.1, -0.05) is 25.3 Å². The van der Waals surface area contributed by atoms with Crippen molar-refractivity contribution in [3.05, 3.63) is 33.9 Å². The largest absolute Gasteiger partial charge is 0.289 e. The summed E-state index contributed by atoms with van der Waals surface area (Å²) in [4.78, 5) is 12.7. The molecule has 0 amide bonds. The fraction of sp³-hybridized carbons (Fsp3) is 0.588. The number of carbonyl (C=O) groups excluding carboxylic acids is 1. The van der Waals surface area contributed by atoms with Gasteiger partial charge < -0.3 is 0 Å². The van der Waals surface area contributed by atoms with E-state index in [0.29, 0.717) is 19.8 Å². The molecule has 1 saturated carbocycles. The number of hydrogen-bond donors (Lipinski definition) is 0. The Labute approximate surface area is 137 Å². The van der Waals surface area contributed by atoms with E-state index in [4.69, 9.17) is 0 Å². The second-order valence-corrected chi connectivity index (χ2v) is 7.50. The third kappa shape index (κ3) is 3.97. The molecule has 3 heteroatoms. The zero-order valence-corrected chi connectivity index (χ0v) is 14.6. The first-order valence-electron chi connectivity index (χ1n) is 7.39. The molecular formula is C17H25LiOP. The van der Waals surface area contributed by atoms with Crippen LogP contribution < -0.4 is 0 Å². The van der Waals surface area contributed by atoms with Crippen LogP contribution in [0.1, 0.15) is 64.7 Å². The van der Waals surface area contributed by atoms with E-state index in [0.717, 1.165) is 5.56 Å². The van der Waals surface area contributed by atoms with Gasteiger partial charge in [-0.3, -0.25) is 4.79 Å². The summed E-state index contributed by atoms with van der Waals surface area (Å²) in [7, 11) is 0.479. The number of rotatable bonds is 3. The first kappa shape index (κ1) is 18.0. The Morgan fingerprint density at radius 2 is 1.50 bits per heavy atom. The van der Waals surface area contributed by atoms with E-state index in [1.807, 2.05) is 0 Å². The number of benzene rings is 1. The van der Waals surface area contributed by atoms with Crippen molar-refractivity contribution in [1.82, 2.24) is 0 Å². The summed E-state index contributed by atoms with van der Waals surface area (Å²) < 4.78 is 0. The van der Waals surface area contributed by atoms with Gasteiger partial charge >= 0.3 is 0 Å². The van der Waals surface area contributed by atoms with Crippen LogP contribution in [0.5, 0.6) is 0 Å². The molecule has 1 unspecified atom stereocenters. The van der Waals surface area contributed by atoms with E-state index < -0.39 is 0 Å². The molecule has 0 saturated heterocycles. The standard InChI is InChI=1S/C17H25OP.Li/c1-11-10-12(2)14(4)16(13(11)3)17(18)19-15-8-6-5-7-9-15;/h10,15,19H,5-9H2,1-4H3;. The number of hydrogen-bond acceptors (Lipinski definition) is 1. The molecule has 0 aliphatic heterocycles. The quantitative estimate of drug-likeness (QED) is 0.581. The predicted molar refractivity (Wildman–Crippen MR) is 90.7 cm³/mol. The molecule has 0 N–H and O–H groups in total. The Bertz CT molecular complexity index is 464. The van der Waals surface area contributed by atoms with Crippen LogP contribution in [-0.4, -0.2) is 30.0 Å². The first-order chi connectivity index (χ1) is 9.00. The summed E-state index contributed by atoms with van der Waals surface area (Å²) in [6.45, 7) is 8.42. The molecule has 1 aliphatic rings. The average molecular weight is 283 g/mol. The molecule has 1 fully saturated rings. The first-order valence-corrected chi connectivity index (χ1v) is 8.46. The molecule has 1 aromatic carbocycles. The second kappa shape index (κ2) is 7.79. The summed E-state index contributed by atoms with van der Waals surface area (Å²) >= 11 is 0. The van der Waals surface area contributed by atoms with Crippen molar-refractivity contribution in [2.24, 2.45) is 0 Å². The van der Waals surface area contributed by atoms with Crippen molar-refractivity contribution in [2.75, 3.05) is 0 Å². The number of aryl methyl sites for hydroxylation is 2. The molecule has 0 bridgehead atoms. The topological polar surface area (TPSA) is 17.1 Å². The van der Waals surface area contributed by atoms with Crippen LogP contribution in [0.2, 0.25) is 0 Å². The molecule has 0 heterocycles. The van der Waals surface area contributed by atoms with Crippen molar-refractivity contribution in [2.45, 2.75) is 65.5 Å². The molecule has 1 atom stereocenters. The van der Waals surface area contributed by atoms with Crippen molar-refractivity contribution in [1.29, 1.82) is 0 Å². The third-order valence-corrected chi connectivity index (χ3v) is 6.03. The van der Waals surface area contributed by atoms with E-state index in [-0.39, 0.29) is 18.9 Å². The summed E-state index contributed by atoms with van der Waals surface area (Å²) in [6, 6.07) is 2.20. The van der Waals surface area contributed by atoms with Crippen LogP contribution in [0.4, 0.5) is 0 Å². The predicted octanol–water partition coefficient (Wildman–Crippen LogP) is 4.69. The summed E-state index contributed by atoms with van der Waals surface area (Å²) in [5.74, 6) is 0.